The Balaban J connectivity index is 4.08. The first-order chi connectivity index (χ1) is 8.65. The summed E-state index contributed by atoms with van der Waals surface area (Å²) < 4.78 is 15.3. The summed E-state index contributed by atoms with van der Waals surface area (Å²) >= 11 is 0. The van der Waals surface area contributed by atoms with E-state index in [2.05, 4.69) is 6.92 Å². The predicted octanol–water partition coefficient (Wildman–Crippen LogP) is 1.31. The summed E-state index contributed by atoms with van der Waals surface area (Å²) in [5, 5.41) is 0. The van der Waals surface area contributed by atoms with Gasteiger partial charge in [-0.15, -0.1) is 0 Å². The second-order valence-electron chi connectivity index (χ2n) is 4.34. The van der Waals surface area contributed by atoms with Crippen LogP contribution in [0.2, 0.25) is 0 Å². The van der Waals surface area contributed by atoms with Crippen molar-refractivity contribution in [1.29, 1.82) is 0 Å². The van der Waals surface area contributed by atoms with Gasteiger partial charge in [-0.1, -0.05) is 13.3 Å². The highest BCUT2D eigenvalue weighted by Gasteiger charge is 2.17. The lowest BCUT2D eigenvalue weighted by Crippen LogP contribution is -2.42. The molecule has 0 amide bonds. The molecule has 0 aromatic carbocycles. The number of esters is 1. The van der Waals surface area contributed by atoms with E-state index >= 15 is 0 Å². The number of carbonyl (C=O) groups is 1. The fourth-order valence-corrected chi connectivity index (χ4v) is 1.55. The zero-order chi connectivity index (χ0) is 13.8. The van der Waals surface area contributed by atoms with Gasteiger partial charge in [0.2, 0.25) is 0 Å². The average Bonchev–Trinajstić information content (AvgIpc) is 2.35. The fraction of sp³-hybridized carbons (Fsp3) is 0.923. The Kier molecular flexibility index (Phi) is 11.0. The molecule has 18 heavy (non-hydrogen) atoms. The summed E-state index contributed by atoms with van der Waals surface area (Å²) in [6.45, 7) is 6.77. The molecule has 0 heterocycles. The Morgan fingerprint density at radius 2 is 1.94 bits per heavy atom. The van der Waals surface area contributed by atoms with Crippen LogP contribution >= 0.6 is 0 Å². The number of hydrogen-bond donors (Lipinski definition) is 0. The molecule has 5 nitrogen and oxygen atoms in total. The molecule has 0 aliphatic rings. The van der Waals surface area contributed by atoms with Crippen molar-refractivity contribution in [3.8, 4) is 0 Å². The van der Waals surface area contributed by atoms with E-state index in [0.29, 0.717) is 26.4 Å². The molecule has 0 aromatic rings. The average molecular weight is 261 g/mol. The Morgan fingerprint density at radius 1 is 1.22 bits per heavy atom. The second-order valence-corrected chi connectivity index (χ2v) is 4.34. The molecule has 0 fully saturated rings. The van der Waals surface area contributed by atoms with Gasteiger partial charge in [0, 0.05) is 26.8 Å². The Hall–Kier alpha value is -0.650. The molecule has 0 aromatic heterocycles. The van der Waals surface area contributed by atoms with Gasteiger partial charge in [-0.2, -0.15) is 0 Å². The molecular weight excluding hydrogens is 234 g/mol. The third kappa shape index (κ3) is 8.44. The van der Waals surface area contributed by atoms with Crippen molar-refractivity contribution in [2.75, 3.05) is 47.1 Å². The highest BCUT2D eigenvalue weighted by atomic mass is 16.5. The minimum absolute atomic E-state index is 0.170. The minimum atomic E-state index is -0.178. The molecule has 0 N–H and O–H groups in total. The molecule has 0 saturated carbocycles. The Bertz CT molecular complexity index is 211. The van der Waals surface area contributed by atoms with E-state index in [1.54, 1.807) is 14.2 Å². The molecule has 108 valence electrons. The molecular formula is C13H27NO4. The SMILES string of the molecule is CCCCOC(=O)CN(CCOC)C(C)COC. The fourth-order valence-electron chi connectivity index (χ4n) is 1.55. The van der Waals surface area contributed by atoms with Crippen LogP contribution in [0.5, 0.6) is 0 Å². The number of hydrogen-bond acceptors (Lipinski definition) is 5. The molecule has 1 unspecified atom stereocenters. The van der Waals surface area contributed by atoms with E-state index in [4.69, 9.17) is 14.2 Å². The van der Waals surface area contributed by atoms with Gasteiger partial charge >= 0.3 is 5.97 Å². The molecule has 0 bridgehead atoms. The summed E-state index contributed by atoms with van der Waals surface area (Å²) in [4.78, 5) is 13.7. The zero-order valence-corrected chi connectivity index (χ0v) is 12.1. The van der Waals surface area contributed by atoms with E-state index in [9.17, 15) is 4.79 Å². The standard InChI is InChI=1S/C13H27NO4/c1-5-6-8-18-13(15)10-14(7-9-16-3)12(2)11-17-4/h12H,5-11H2,1-4H3. The minimum Gasteiger partial charge on any atom is -0.465 e. The largest absolute Gasteiger partial charge is 0.465 e. The molecule has 0 saturated heterocycles. The van der Waals surface area contributed by atoms with Gasteiger partial charge in [0.1, 0.15) is 0 Å². The summed E-state index contributed by atoms with van der Waals surface area (Å²) in [5.74, 6) is -0.178. The summed E-state index contributed by atoms with van der Waals surface area (Å²) in [6.07, 6.45) is 1.94. The van der Waals surface area contributed by atoms with Crippen LogP contribution in [0.3, 0.4) is 0 Å². The monoisotopic (exact) mass is 261 g/mol. The Labute approximate surface area is 110 Å². The number of ether oxygens (including phenoxy) is 3. The topological polar surface area (TPSA) is 48.0 Å². The number of carbonyl (C=O) groups excluding carboxylic acids is 1. The van der Waals surface area contributed by atoms with Crippen LogP contribution < -0.4 is 0 Å². The van der Waals surface area contributed by atoms with E-state index in [-0.39, 0.29) is 18.6 Å². The first kappa shape index (κ1) is 17.4. The highest BCUT2D eigenvalue weighted by Crippen LogP contribution is 2.01. The van der Waals surface area contributed by atoms with Crippen molar-refractivity contribution in [3.05, 3.63) is 0 Å². The number of methoxy groups -OCH3 is 2. The van der Waals surface area contributed by atoms with Gasteiger partial charge in [-0.05, 0) is 13.3 Å². The van der Waals surface area contributed by atoms with Gasteiger partial charge < -0.3 is 14.2 Å². The van der Waals surface area contributed by atoms with Crippen molar-refractivity contribution in [3.63, 3.8) is 0 Å². The molecule has 0 aliphatic heterocycles. The lowest BCUT2D eigenvalue weighted by molar-refractivity contribution is -0.146. The zero-order valence-electron chi connectivity index (χ0n) is 12.1. The number of nitrogens with zero attached hydrogens (tertiary/aromatic N) is 1. The van der Waals surface area contributed by atoms with Crippen LogP contribution in [-0.4, -0.2) is 64.0 Å². The lowest BCUT2D eigenvalue weighted by atomic mass is 10.3. The molecule has 1 atom stereocenters. The molecule has 0 rings (SSSR count). The van der Waals surface area contributed by atoms with Crippen LogP contribution in [0.25, 0.3) is 0 Å². The number of unbranched alkanes of at least 4 members (excludes halogenated alkanes) is 1. The highest BCUT2D eigenvalue weighted by molar-refractivity contribution is 5.71. The van der Waals surface area contributed by atoms with Gasteiger partial charge in [-0.3, -0.25) is 9.69 Å². The van der Waals surface area contributed by atoms with Crippen molar-refractivity contribution < 1.29 is 19.0 Å². The van der Waals surface area contributed by atoms with E-state index in [0.717, 1.165) is 12.8 Å². The molecule has 0 radical (unpaired) electrons. The maximum Gasteiger partial charge on any atom is 0.320 e. The third-order valence-electron chi connectivity index (χ3n) is 2.71. The van der Waals surface area contributed by atoms with Crippen molar-refractivity contribution in [1.82, 2.24) is 4.90 Å². The van der Waals surface area contributed by atoms with Crippen LogP contribution in [0.15, 0.2) is 0 Å². The third-order valence-corrected chi connectivity index (χ3v) is 2.71. The quantitative estimate of drug-likeness (QED) is 0.414. The smallest absolute Gasteiger partial charge is 0.320 e. The Morgan fingerprint density at radius 3 is 2.50 bits per heavy atom. The summed E-state index contributed by atoms with van der Waals surface area (Å²) in [6, 6.07) is 0.170. The summed E-state index contributed by atoms with van der Waals surface area (Å²) in [5.41, 5.74) is 0. The molecule has 0 spiro atoms. The first-order valence-electron chi connectivity index (χ1n) is 6.53. The van der Waals surface area contributed by atoms with Crippen LogP contribution in [0, 0.1) is 0 Å². The van der Waals surface area contributed by atoms with Crippen molar-refractivity contribution in [2.24, 2.45) is 0 Å². The second kappa shape index (κ2) is 11.4. The first-order valence-corrected chi connectivity index (χ1v) is 6.53. The van der Waals surface area contributed by atoms with E-state index in [1.165, 1.54) is 0 Å². The summed E-state index contributed by atoms with van der Waals surface area (Å²) in [7, 11) is 3.31. The predicted molar refractivity (Wildman–Crippen MR) is 70.7 cm³/mol. The van der Waals surface area contributed by atoms with Crippen LogP contribution in [0.1, 0.15) is 26.7 Å². The lowest BCUT2D eigenvalue weighted by Gasteiger charge is -2.27. The van der Waals surface area contributed by atoms with Crippen molar-refractivity contribution >= 4 is 5.97 Å². The van der Waals surface area contributed by atoms with Crippen molar-refractivity contribution in [2.45, 2.75) is 32.7 Å². The maximum absolute atomic E-state index is 11.7. The molecule has 0 aliphatic carbocycles. The van der Waals surface area contributed by atoms with Gasteiger partial charge in [0.05, 0.1) is 26.4 Å². The van der Waals surface area contributed by atoms with Crippen LogP contribution in [-0.2, 0) is 19.0 Å². The van der Waals surface area contributed by atoms with Crippen LogP contribution in [0.4, 0.5) is 0 Å². The van der Waals surface area contributed by atoms with E-state index in [1.807, 2.05) is 11.8 Å². The normalized spacial score (nSPS) is 12.7. The van der Waals surface area contributed by atoms with Gasteiger partial charge in [0.15, 0.2) is 0 Å². The number of rotatable bonds is 11. The maximum atomic E-state index is 11.7. The van der Waals surface area contributed by atoms with E-state index < -0.39 is 0 Å². The van der Waals surface area contributed by atoms with Gasteiger partial charge in [-0.25, -0.2) is 0 Å². The van der Waals surface area contributed by atoms with Gasteiger partial charge in [0.25, 0.3) is 0 Å². The molecule has 5 heteroatoms.